The van der Waals surface area contributed by atoms with E-state index in [1.54, 1.807) is 0 Å². The Morgan fingerprint density at radius 3 is 1.43 bits per heavy atom. The fourth-order valence-electron chi connectivity index (χ4n) is 0.246. The van der Waals surface area contributed by atoms with E-state index < -0.39 is 14.6 Å². The summed E-state index contributed by atoms with van der Waals surface area (Å²) in [6.45, 7) is 0. The summed E-state index contributed by atoms with van der Waals surface area (Å²) in [5, 5.41) is 20.3. The molecule has 0 amide bonds. The molecule has 0 unspecified atom stereocenters. The summed E-state index contributed by atoms with van der Waals surface area (Å²) in [7, 11) is -4.92. The van der Waals surface area contributed by atoms with Gasteiger partial charge >= 0.3 is 100 Å². The van der Waals surface area contributed by atoms with Crippen LogP contribution in [0.1, 0.15) is 0 Å². The normalized spacial score (nSPS) is 5.86. The van der Waals surface area contributed by atoms with Gasteiger partial charge in [0.25, 0.3) is 0 Å². The van der Waals surface area contributed by atoms with Crippen LogP contribution in [0.5, 0.6) is 0 Å². The van der Waals surface area contributed by atoms with E-state index in [9.17, 15) is 19.5 Å². The fourth-order valence-corrected chi connectivity index (χ4v) is 0.246. The monoisotopic (exact) mass is 188 g/mol. The van der Waals surface area contributed by atoms with Crippen LogP contribution in [0.25, 0.3) is 0 Å². The first-order valence-electron chi connectivity index (χ1n) is 2.36. The van der Waals surface area contributed by atoms with E-state index in [1.807, 2.05) is 0 Å². The van der Waals surface area contributed by atoms with E-state index in [0.29, 0.717) is 0 Å². The molecule has 2 N–H and O–H groups in total. The van der Waals surface area contributed by atoms with Crippen LogP contribution in [0.2, 0.25) is 0 Å². The Labute approximate surface area is 106 Å². The molecule has 0 heterocycles. The zero-order valence-corrected chi connectivity index (χ0v) is 7.67. The molecule has 0 radical (unpaired) electrons. The predicted molar refractivity (Wildman–Crippen MR) is 31.3 cm³/mol. The zero-order valence-electron chi connectivity index (χ0n) is 7.67. The van der Waals surface area contributed by atoms with Crippen molar-refractivity contribution in [1.82, 2.24) is 0 Å². The molecule has 0 bridgehead atoms. The third kappa shape index (κ3) is 15.0. The van der Waals surface area contributed by atoms with Gasteiger partial charge in [0, 0.05) is 0 Å². The van der Waals surface area contributed by atoms with Crippen molar-refractivity contribution in [2.45, 2.75) is 0 Å². The number of hydrogen-bond acceptors (Lipinski definition) is 7. The molecule has 64 valence electrons. The van der Waals surface area contributed by atoms with Crippen molar-refractivity contribution in [1.29, 1.82) is 0 Å². The molecule has 0 fully saturated rings. The van der Waals surface area contributed by atoms with Crippen molar-refractivity contribution >= 4 is 29.3 Å². The summed E-state index contributed by atoms with van der Waals surface area (Å²) < 4.78 is 29.8. The Morgan fingerprint density at radius 1 is 0.929 bits per heavy atom. The molecule has 0 saturated carbocycles. The predicted octanol–water partition coefficient (Wildman–Crippen LogP) is -11.2. The van der Waals surface area contributed by atoms with Gasteiger partial charge in [-0.2, -0.15) is 0 Å². The van der Waals surface area contributed by atoms with Crippen molar-refractivity contribution < 1.29 is 76.4 Å². The van der Waals surface area contributed by atoms with E-state index in [-0.39, 0.29) is 57.9 Å². The van der Waals surface area contributed by atoms with Gasteiger partial charge in [0.2, 0.25) is 0 Å². The van der Waals surface area contributed by atoms with E-state index in [0.717, 1.165) is 0 Å². The summed E-state index contributed by atoms with van der Waals surface area (Å²) in [5.74, 6) is 0. The van der Waals surface area contributed by atoms with Gasteiger partial charge in [-0.05, 0) is 0 Å². The molecule has 0 aliphatic rings. The van der Waals surface area contributed by atoms with Gasteiger partial charge in [-0.25, -0.2) is 0 Å². The maximum atomic E-state index is 10.1. The molecule has 0 rings (SSSR count). The molecule has 0 aliphatic heterocycles. The first-order valence-corrected chi connectivity index (χ1v) is 2.36. The smallest absolute Gasteiger partial charge is 1.00 e. The Balaban J connectivity index is -0.000000167. The third-order valence-electron chi connectivity index (χ3n) is 0.556. The van der Waals surface area contributed by atoms with Crippen LogP contribution >= 0.6 is 0 Å². The van der Waals surface area contributed by atoms with E-state index in [2.05, 4.69) is 13.7 Å². The van der Waals surface area contributed by atoms with Crippen LogP contribution < -0.4 is 47.8 Å². The second-order valence-corrected chi connectivity index (χ2v) is 1.18. The summed E-state index contributed by atoms with van der Waals surface area (Å²) in [6, 6.07) is 0. The molecule has 14 heteroatoms. The standard InChI is InChI=1S/B4O7.2Li.H2O/c5-1-9-3(7)11-4(8)10-2-6;;;/h;;;1H2/q-2;2*+1;. The quantitative estimate of drug-likeness (QED) is 0.376. The molecule has 14 heavy (non-hydrogen) atoms. The third-order valence-corrected chi connectivity index (χ3v) is 0.556. The van der Waals surface area contributed by atoms with Gasteiger partial charge in [0.1, 0.15) is 0 Å². The van der Waals surface area contributed by atoms with E-state index in [4.69, 9.17) is 0 Å². The Morgan fingerprint density at radius 2 is 1.21 bits per heavy atom. The van der Waals surface area contributed by atoms with Gasteiger partial charge in [-0.3, -0.25) is 0 Å². The van der Waals surface area contributed by atoms with Crippen molar-refractivity contribution in [3.63, 3.8) is 0 Å². The largest absolute Gasteiger partial charge is 1.00 e. The topological polar surface area (TPSA) is 139 Å². The average Bonchev–Trinajstić information content (AvgIpc) is 1.87. The van der Waals surface area contributed by atoms with Crippen molar-refractivity contribution in [3.05, 3.63) is 0 Å². The van der Waals surface area contributed by atoms with Crippen LogP contribution in [0.15, 0.2) is 0 Å². The second kappa shape index (κ2) is 15.9. The minimum absolute atomic E-state index is 0. The van der Waals surface area contributed by atoms with Crippen LogP contribution in [0, 0.1) is 0 Å². The maximum absolute atomic E-state index is 10.1. The zero-order chi connectivity index (χ0) is 8.69. The van der Waals surface area contributed by atoms with Crippen molar-refractivity contribution in [2.75, 3.05) is 0 Å². The summed E-state index contributed by atoms with van der Waals surface area (Å²) in [6.07, 6.45) is 0. The number of rotatable bonds is 6. The van der Waals surface area contributed by atoms with Gasteiger partial charge in [0.05, 0.1) is 0 Å². The van der Waals surface area contributed by atoms with Gasteiger partial charge in [0.15, 0.2) is 0 Å². The second-order valence-electron chi connectivity index (χ2n) is 1.18. The summed E-state index contributed by atoms with van der Waals surface area (Å²) >= 11 is 0. The van der Waals surface area contributed by atoms with Gasteiger partial charge in [-0.15, -0.1) is 0 Å². The first-order chi connectivity index (χ1) is 5.20. The van der Waals surface area contributed by atoms with Crippen LogP contribution in [-0.2, 0) is 23.1 Å². The molecular weight excluding hydrogens is 185 g/mol. The summed E-state index contributed by atoms with van der Waals surface area (Å²) in [5.41, 5.74) is 0. The minimum Gasteiger partial charge on any atom is 1.00 e. The van der Waals surface area contributed by atoms with Crippen molar-refractivity contribution in [3.8, 4) is 0 Å². The molecule has 0 aliphatic carbocycles. The molecule has 8 nitrogen and oxygen atoms in total. The SMILES string of the molecule is O.O=BOB([O-])OB([O-])OB=O.[Li+].[Li+]. The minimum atomic E-state index is -2.27. The fraction of sp³-hybridized carbons (Fsp3) is 0. The first kappa shape index (κ1) is 24.0. The summed E-state index contributed by atoms with van der Waals surface area (Å²) in [4.78, 5) is 0. The molecule has 0 aromatic rings. The van der Waals surface area contributed by atoms with Crippen LogP contribution in [-0.4, -0.2) is 34.8 Å². The molecular formula is H2B4Li2O8. The Bertz CT molecular complexity index is 119. The molecule has 0 aromatic heterocycles. The average molecular weight is 187 g/mol. The number of hydrogen-bond donors (Lipinski definition) is 0. The Hall–Kier alpha value is 0.495. The molecule has 0 spiro atoms. The van der Waals surface area contributed by atoms with Gasteiger partial charge in [-0.1, -0.05) is 0 Å². The molecule has 0 saturated heterocycles. The van der Waals surface area contributed by atoms with Crippen LogP contribution in [0.4, 0.5) is 0 Å². The van der Waals surface area contributed by atoms with Crippen molar-refractivity contribution in [2.24, 2.45) is 0 Å². The maximum Gasteiger partial charge on any atom is 1.00 e. The van der Waals surface area contributed by atoms with E-state index in [1.165, 1.54) is 0 Å². The molecule has 0 aromatic carbocycles. The van der Waals surface area contributed by atoms with Crippen LogP contribution in [0.3, 0.4) is 0 Å². The Kier molecular flexibility index (Phi) is 27.3. The van der Waals surface area contributed by atoms with Gasteiger partial charge < -0.3 is 5.48 Å². The molecule has 0 atom stereocenters. The van der Waals surface area contributed by atoms with E-state index >= 15 is 0 Å².